The van der Waals surface area contributed by atoms with Gasteiger partial charge in [-0.3, -0.25) is 4.79 Å². The van der Waals surface area contributed by atoms with Crippen molar-refractivity contribution in [2.45, 2.75) is 13.8 Å². The molecule has 3 nitrogen and oxygen atoms in total. The number of anilines is 1. The first-order chi connectivity index (χ1) is 7.63. The van der Waals surface area contributed by atoms with Gasteiger partial charge in [0, 0.05) is 11.4 Å². The minimum atomic E-state index is -0.0212. The van der Waals surface area contributed by atoms with Crippen LogP contribution in [0, 0.1) is 13.8 Å². The third-order valence-corrected chi connectivity index (χ3v) is 3.07. The van der Waals surface area contributed by atoms with Crippen LogP contribution in [0.3, 0.4) is 0 Å². The zero-order chi connectivity index (χ0) is 12.0. The molecule has 1 rings (SSSR count). The predicted molar refractivity (Wildman–Crippen MR) is 69.0 cm³/mol. The van der Waals surface area contributed by atoms with E-state index in [1.165, 1.54) is 11.8 Å². The molecule has 16 heavy (non-hydrogen) atoms. The minimum Gasteiger partial charge on any atom is -0.396 e. The molecule has 0 aliphatic carbocycles. The Bertz CT molecular complexity index is 366. The Morgan fingerprint density at radius 2 is 2.19 bits per heavy atom. The largest absolute Gasteiger partial charge is 0.396 e. The summed E-state index contributed by atoms with van der Waals surface area (Å²) in [6.07, 6.45) is 0. The van der Waals surface area contributed by atoms with Crippen molar-refractivity contribution in [3.05, 3.63) is 29.3 Å². The molecule has 0 saturated heterocycles. The van der Waals surface area contributed by atoms with Crippen LogP contribution in [0.15, 0.2) is 18.2 Å². The zero-order valence-corrected chi connectivity index (χ0v) is 10.4. The summed E-state index contributed by atoms with van der Waals surface area (Å²) >= 11 is 1.43. The average Bonchev–Trinajstić information content (AvgIpc) is 2.24. The van der Waals surface area contributed by atoms with Crippen LogP contribution in [0.4, 0.5) is 5.69 Å². The number of carbonyl (C=O) groups is 1. The molecule has 2 N–H and O–H groups in total. The van der Waals surface area contributed by atoms with Crippen molar-refractivity contribution in [2.75, 3.05) is 23.4 Å². The van der Waals surface area contributed by atoms with Gasteiger partial charge in [-0.25, -0.2) is 0 Å². The van der Waals surface area contributed by atoms with Crippen molar-refractivity contribution in [1.29, 1.82) is 0 Å². The van der Waals surface area contributed by atoms with Gasteiger partial charge in [0.05, 0.1) is 12.4 Å². The van der Waals surface area contributed by atoms with Gasteiger partial charge in [-0.2, -0.15) is 0 Å². The lowest BCUT2D eigenvalue weighted by Crippen LogP contribution is -2.15. The van der Waals surface area contributed by atoms with Crippen LogP contribution < -0.4 is 5.32 Å². The van der Waals surface area contributed by atoms with E-state index in [-0.39, 0.29) is 12.5 Å². The van der Waals surface area contributed by atoms with Crippen LogP contribution in [-0.4, -0.2) is 29.1 Å². The highest BCUT2D eigenvalue weighted by Gasteiger charge is 2.04. The summed E-state index contributed by atoms with van der Waals surface area (Å²) in [4.78, 5) is 11.5. The lowest BCUT2D eigenvalue weighted by molar-refractivity contribution is -0.113. The maximum absolute atomic E-state index is 11.5. The van der Waals surface area contributed by atoms with Crippen LogP contribution in [0.1, 0.15) is 11.1 Å². The molecule has 0 unspecified atom stereocenters. The van der Waals surface area contributed by atoms with Crippen molar-refractivity contribution < 1.29 is 9.90 Å². The summed E-state index contributed by atoms with van der Waals surface area (Å²) in [6.45, 7) is 4.08. The maximum Gasteiger partial charge on any atom is 0.234 e. The van der Waals surface area contributed by atoms with Gasteiger partial charge >= 0.3 is 0 Å². The quantitative estimate of drug-likeness (QED) is 0.772. The summed E-state index contributed by atoms with van der Waals surface area (Å²) < 4.78 is 0. The van der Waals surface area contributed by atoms with Gasteiger partial charge in [0.2, 0.25) is 5.91 Å². The number of aliphatic hydroxyl groups is 1. The van der Waals surface area contributed by atoms with E-state index in [1.807, 2.05) is 32.0 Å². The molecule has 1 aromatic carbocycles. The molecule has 0 heterocycles. The summed E-state index contributed by atoms with van der Waals surface area (Å²) in [5.41, 5.74) is 3.06. The maximum atomic E-state index is 11.5. The molecule has 1 aromatic rings. The van der Waals surface area contributed by atoms with E-state index in [1.54, 1.807) is 0 Å². The smallest absolute Gasteiger partial charge is 0.234 e. The third kappa shape index (κ3) is 4.24. The lowest BCUT2D eigenvalue weighted by Gasteiger charge is -2.08. The van der Waals surface area contributed by atoms with Gasteiger partial charge in [0.25, 0.3) is 0 Å². The van der Waals surface area contributed by atoms with Gasteiger partial charge in [0.1, 0.15) is 0 Å². The fourth-order valence-corrected chi connectivity index (χ4v) is 1.82. The zero-order valence-electron chi connectivity index (χ0n) is 9.62. The Morgan fingerprint density at radius 1 is 1.44 bits per heavy atom. The Hall–Kier alpha value is -1.00. The van der Waals surface area contributed by atoms with Gasteiger partial charge in [0.15, 0.2) is 0 Å². The number of carbonyl (C=O) groups excluding carboxylic acids is 1. The molecule has 1 amide bonds. The first-order valence-electron chi connectivity index (χ1n) is 5.19. The Morgan fingerprint density at radius 3 is 2.88 bits per heavy atom. The van der Waals surface area contributed by atoms with Gasteiger partial charge in [-0.05, 0) is 31.0 Å². The number of hydrogen-bond donors (Lipinski definition) is 2. The number of aliphatic hydroxyl groups excluding tert-OH is 1. The number of amides is 1. The Balaban J connectivity index is 2.52. The molecule has 0 atom stereocenters. The molecule has 88 valence electrons. The van der Waals surface area contributed by atoms with Crippen LogP contribution in [-0.2, 0) is 4.79 Å². The lowest BCUT2D eigenvalue weighted by atomic mass is 10.1. The topological polar surface area (TPSA) is 49.3 Å². The second-order valence-corrected chi connectivity index (χ2v) is 4.75. The van der Waals surface area contributed by atoms with E-state index < -0.39 is 0 Å². The Kier molecular flexibility index (Phi) is 5.35. The van der Waals surface area contributed by atoms with E-state index in [0.29, 0.717) is 11.5 Å². The second kappa shape index (κ2) is 6.55. The highest BCUT2D eigenvalue weighted by Crippen LogP contribution is 2.16. The Labute approximate surface area is 100 Å². The SMILES string of the molecule is Cc1ccc(C)c(NC(=O)CSCCO)c1. The molecular weight excluding hydrogens is 222 g/mol. The standard InChI is InChI=1S/C12H17NO2S/c1-9-3-4-10(2)11(7-9)13-12(15)8-16-6-5-14/h3-4,7,14H,5-6,8H2,1-2H3,(H,13,15). The molecule has 4 heteroatoms. The van der Waals surface area contributed by atoms with Crippen molar-refractivity contribution in [1.82, 2.24) is 0 Å². The predicted octanol–water partition coefficient (Wildman–Crippen LogP) is 1.97. The fraction of sp³-hybridized carbons (Fsp3) is 0.417. The highest BCUT2D eigenvalue weighted by molar-refractivity contribution is 7.99. The summed E-state index contributed by atoms with van der Waals surface area (Å²) in [6, 6.07) is 5.97. The van der Waals surface area contributed by atoms with Crippen LogP contribution >= 0.6 is 11.8 Å². The van der Waals surface area contributed by atoms with E-state index in [2.05, 4.69) is 5.32 Å². The minimum absolute atomic E-state index is 0.0212. The first kappa shape index (κ1) is 13.1. The van der Waals surface area contributed by atoms with E-state index >= 15 is 0 Å². The third-order valence-electron chi connectivity index (χ3n) is 2.14. The number of aryl methyl sites for hydroxylation is 2. The number of hydrogen-bond acceptors (Lipinski definition) is 3. The second-order valence-electron chi connectivity index (χ2n) is 3.64. The molecule has 0 aliphatic rings. The average molecular weight is 239 g/mol. The van der Waals surface area contributed by atoms with E-state index in [4.69, 9.17) is 5.11 Å². The van der Waals surface area contributed by atoms with E-state index in [0.717, 1.165) is 16.8 Å². The van der Waals surface area contributed by atoms with Crippen LogP contribution in [0.25, 0.3) is 0 Å². The molecular formula is C12H17NO2S. The number of rotatable bonds is 5. The van der Waals surface area contributed by atoms with Crippen molar-refractivity contribution >= 4 is 23.4 Å². The summed E-state index contributed by atoms with van der Waals surface area (Å²) in [5.74, 6) is 0.959. The summed E-state index contributed by atoms with van der Waals surface area (Å²) in [5, 5.41) is 11.5. The summed E-state index contributed by atoms with van der Waals surface area (Å²) in [7, 11) is 0. The van der Waals surface area contributed by atoms with Gasteiger partial charge < -0.3 is 10.4 Å². The van der Waals surface area contributed by atoms with Crippen molar-refractivity contribution in [3.63, 3.8) is 0 Å². The normalized spacial score (nSPS) is 10.2. The van der Waals surface area contributed by atoms with E-state index in [9.17, 15) is 4.79 Å². The highest BCUT2D eigenvalue weighted by atomic mass is 32.2. The van der Waals surface area contributed by atoms with Crippen molar-refractivity contribution in [3.8, 4) is 0 Å². The molecule has 0 saturated carbocycles. The van der Waals surface area contributed by atoms with Crippen LogP contribution in [0.5, 0.6) is 0 Å². The molecule has 0 spiro atoms. The number of nitrogens with one attached hydrogen (secondary N) is 1. The van der Waals surface area contributed by atoms with Crippen LogP contribution in [0.2, 0.25) is 0 Å². The number of benzene rings is 1. The number of thioether (sulfide) groups is 1. The van der Waals surface area contributed by atoms with Gasteiger partial charge in [-0.15, -0.1) is 11.8 Å². The molecule has 0 radical (unpaired) electrons. The molecule has 0 aliphatic heterocycles. The van der Waals surface area contributed by atoms with Gasteiger partial charge in [-0.1, -0.05) is 12.1 Å². The molecule has 0 fully saturated rings. The van der Waals surface area contributed by atoms with Crippen molar-refractivity contribution in [2.24, 2.45) is 0 Å². The molecule has 0 aromatic heterocycles. The molecule has 0 bridgehead atoms. The monoisotopic (exact) mass is 239 g/mol. The fourth-order valence-electron chi connectivity index (χ4n) is 1.29. The first-order valence-corrected chi connectivity index (χ1v) is 6.34.